The number of hydrazine groups is 1. The first kappa shape index (κ1) is 13.3. The molecule has 0 fully saturated rings. The fourth-order valence-corrected chi connectivity index (χ4v) is 3.60. The Morgan fingerprint density at radius 2 is 2.25 bits per heavy atom. The van der Waals surface area contributed by atoms with E-state index in [4.69, 9.17) is 10.3 Å². The van der Waals surface area contributed by atoms with Crippen LogP contribution in [0.1, 0.15) is 17.5 Å². The highest BCUT2D eigenvalue weighted by Crippen LogP contribution is 2.35. The summed E-state index contributed by atoms with van der Waals surface area (Å²) in [5, 5.41) is 2.36. The molecule has 20 heavy (non-hydrogen) atoms. The Kier molecular flexibility index (Phi) is 3.60. The fraction of sp³-hybridized carbons (Fsp3) is 0.250. The number of hydrogen-bond donors (Lipinski definition) is 2. The zero-order valence-electron chi connectivity index (χ0n) is 11.0. The molecule has 6 nitrogen and oxygen atoms in total. The molecular weight excluding hydrogens is 294 g/mol. The molecule has 0 bridgehead atoms. The van der Waals surface area contributed by atoms with E-state index in [2.05, 4.69) is 33.4 Å². The molecule has 3 aromatic heterocycles. The summed E-state index contributed by atoms with van der Waals surface area (Å²) in [6.07, 6.45) is 2.59. The smallest absolute Gasteiger partial charge is 0.262 e. The Morgan fingerprint density at radius 3 is 2.90 bits per heavy atom. The van der Waals surface area contributed by atoms with Gasteiger partial charge in [0.2, 0.25) is 5.95 Å². The first-order valence-corrected chi connectivity index (χ1v) is 7.70. The van der Waals surface area contributed by atoms with E-state index in [9.17, 15) is 0 Å². The first-order valence-electron chi connectivity index (χ1n) is 6.06. The minimum atomic E-state index is 0.396. The standard InChI is InChI=1S/C12H13N5OS2/c1-3-7-4-8-9(19-7)15-11(17-13)16-10(8)20-12-14-6(2)5-18-12/h4-5H,3,13H2,1-2H3,(H,15,16,17). The van der Waals surface area contributed by atoms with Crippen LogP contribution in [0.2, 0.25) is 0 Å². The molecule has 0 aliphatic carbocycles. The molecule has 0 amide bonds. The number of nitrogen functional groups attached to an aromatic ring is 1. The molecule has 3 rings (SSSR count). The first-order chi connectivity index (χ1) is 9.69. The maximum atomic E-state index is 5.43. The number of fused-ring (bicyclic) bond motifs is 1. The SMILES string of the molecule is CCc1cc2c(Sc3nc(C)co3)nc(NN)nc2s1. The maximum Gasteiger partial charge on any atom is 0.262 e. The summed E-state index contributed by atoms with van der Waals surface area (Å²) in [5.41, 5.74) is 3.34. The van der Waals surface area contributed by atoms with Gasteiger partial charge in [-0.05, 0) is 31.2 Å². The lowest BCUT2D eigenvalue weighted by atomic mass is 10.3. The van der Waals surface area contributed by atoms with Crippen molar-refractivity contribution in [2.24, 2.45) is 5.84 Å². The minimum absolute atomic E-state index is 0.396. The number of nitrogens with zero attached hydrogens (tertiary/aromatic N) is 3. The highest BCUT2D eigenvalue weighted by Gasteiger charge is 2.14. The summed E-state index contributed by atoms with van der Waals surface area (Å²) in [7, 11) is 0. The average Bonchev–Trinajstić information content (AvgIpc) is 3.04. The topological polar surface area (TPSA) is 89.9 Å². The summed E-state index contributed by atoms with van der Waals surface area (Å²) in [6.45, 7) is 4.00. The van der Waals surface area contributed by atoms with Crippen molar-refractivity contribution >= 4 is 39.3 Å². The average molecular weight is 307 g/mol. The second kappa shape index (κ2) is 5.39. The summed E-state index contributed by atoms with van der Waals surface area (Å²) in [6, 6.07) is 2.11. The van der Waals surface area contributed by atoms with E-state index in [-0.39, 0.29) is 0 Å². The number of rotatable bonds is 4. The van der Waals surface area contributed by atoms with Gasteiger partial charge in [-0.3, -0.25) is 5.43 Å². The van der Waals surface area contributed by atoms with Crippen LogP contribution >= 0.6 is 23.1 Å². The second-order valence-electron chi connectivity index (χ2n) is 4.14. The van der Waals surface area contributed by atoms with Gasteiger partial charge in [-0.25, -0.2) is 20.8 Å². The third kappa shape index (κ3) is 2.49. The van der Waals surface area contributed by atoms with E-state index >= 15 is 0 Å². The van der Waals surface area contributed by atoms with Gasteiger partial charge in [0.1, 0.15) is 16.1 Å². The zero-order valence-corrected chi connectivity index (χ0v) is 12.6. The molecule has 3 heterocycles. The molecule has 3 aromatic rings. The molecule has 104 valence electrons. The van der Waals surface area contributed by atoms with Crippen LogP contribution < -0.4 is 11.3 Å². The molecule has 0 aliphatic heterocycles. The van der Waals surface area contributed by atoms with Gasteiger partial charge in [0.05, 0.1) is 5.69 Å². The second-order valence-corrected chi connectivity index (χ2v) is 6.19. The monoisotopic (exact) mass is 307 g/mol. The molecule has 0 aliphatic rings. The third-order valence-corrected chi connectivity index (χ3v) is 4.71. The molecule has 8 heteroatoms. The summed E-state index contributed by atoms with van der Waals surface area (Å²) in [5.74, 6) is 5.82. The highest BCUT2D eigenvalue weighted by atomic mass is 32.2. The van der Waals surface area contributed by atoms with Crippen LogP contribution in [0.5, 0.6) is 0 Å². The van der Waals surface area contributed by atoms with Crippen molar-refractivity contribution in [3.63, 3.8) is 0 Å². The number of hydrogen-bond acceptors (Lipinski definition) is 8. The van der Waals surface area contributed by atoms with Gasteiger partial charge < -0.3 is 4.42 Å². The van der Waals surface area contributed by atoms with Gasteiger partial charge in [-0.15, -0.1) is 11.3 Å². The quantitative estimate of drug-likeness (QED) is 0.435. The van der Waals surface area contributed by atoms with Crippen LogP contribution in [0, 0.1) is 6.92 Å². The van der Waals surface area contributed by atoms with Crippen LogP contribution in [0.15, 0.2) is 27.0 Å². The van der Waals surface area contributed by atoms with Crippen LogP contribution in [0.4, 0.5) is 5.95 Å². The van der Waals surface area contributed by atoms with E-state index in [0.29, 0.717) is 11.2 Å². The van der Waals surface area contributed by atoms with Crippen molar-refractivity contribution < 1.29 is 4.42 Å². The lowest BCUT2D eigenvalue weighted by Crippen LogP contribution is -2.10. The van der Waals surface area contributed by atoms with Crippen molar-refractivity contribution in [3.05, 3.63) is 22.9 Å². The van der Waals surface area contributed by atoms with Crippen molar-refractivity contribution in [1.29, 1.82) is 0 Å². The van der Waals surface area contributed by atoms with Gasteiger partial charge in [0.25, 0.3) is 5.22 Å². The van der Waals surface area contributed by atoms with Crippen LogP contribution in [-0.2, 0) is 6.42 Å². The van der Waals surface area contributed by atoms with Crippen LogP contribution in [0.25, 0.3) is 10.2 Å². The van der Waals surface area contributed by atoms with E-state index in [1.54, 1.807) is 17.6 Å². The summed E-state index contributed by atoms with van der Waals surface area (Å²) >= 11 is 3.02. The largest absolute Gasteiger partial charge is 0.439 e. The van der Waals surface area contributed by atoms with E-state index in [1.807, 2.05) is 6.92 Å². The summed E-state index contributed by atoms with van der Waals surface area (Å²) in [4.78, 5) is 15.2. The van der Waals surface area contributed by atoms with E-state index < -0.39 is 0 Å². The number of nitrogens with one attached hydrogen (secondary N) is 1. The third-order valence-electron chi connectivity index (χ3n) is 2.67. The molecule has 0 aromatic carbocycles. The van der Waals surface area contributed by atoms with Crippen LogP contribution in [0.3, 0.4) is 0 Å². The minimum Gasteiger partial charge on any atom is -0.439 e. The normalized spacial score (nSPS) is 11.2. The Morgan fingerprint density at radius 1 is 1.40 bits per heavy atom. The van der Waals surface area contributed by atoms with Gasteiger partial charge in [-0.1, -0.05) is 6.92 Å². The Hall–Kier alpha value is -1.64. The van der Waals surface area contributed by atoms with Crippen molar-refractivity contribution in [2.75, 3.05) is 5.43 Å². The molecular formula is C12H13N5OS2. The lowest BCUT2D eigenvalue weighted by molar-refractivity contribution is 0.454. The number of aryl methyl sites for hydroxylation is 2. The molecule has 0 radical (unpaired) electrons. The van der Waals surface area contributed by atoms with Crippen molar-refractivity contribution in [1.82, 2.24) is 15.0 Å². The van der Waals surface area contributed by atoms with Gasteiger partial charge >= 0.3 is 0 Å². The van der Waals surface area contributed by atoms with Gasteiger partial charge in [-0.2, -0.15) is 0 Å². The molecule has 0 saturated carbocycles. The Labute approximate surface area is 123 Å². The molecule has 3 N–H and O–H groups in total. The predicted octanol–water partition coefficient (Wildman–Crippen LogP) is 2.99. The number of thiophene rings is 1. The number of anilines is 1. The lowest BCUT2D eigenvalue weighted by Gasteiger charge is -2.02. The highest BCUT2D eigenvalue weighted by molar-refractivity contribution is 7.99. The predicted molar refractivity (Wildman–Crippen MR) is 80.0 cm³/mol. The van der Waals surface area contributed by atoms with Crippen molar-refractivity contribution in [2.45, 2.75) is 30.5 Å². The number of oxazole rings is 1. The maximum absolute atomic E-state index is 5.43. The van der Waals surface area contributed by atoms with Gasteiger partial charge in [0.15, 0.2) is 0 Å². The molecule has 0 spiro atoms. The van der Waals surface area contributed by atoms with Crippen LogP contribution in [-0.4, -0.2) is 15.0 Å². The molecule has 0 saturated heterocycles. The van der Waals surface area contributed by atoms with E-state index in [1.165, 1.54) is 16.6 Å². The number of nitrogens with two attached hydrogens (primary N) is 1. The molecule has 0 unspecified atom stereocenters. The Balaban J connectivity index is 2.09. The van der Waals surface area contributed by atoms with Gasteiger partial charge in [0, 0.05) is 10.3 Å². The summed E-state index contributed by atoms with van der Waals surface area (Å²) < 4.78 is 5.37. The van der Waals surface area contributed by atoms with E-state index in [0.717, 1.165) is 27.4 Å². The molecule has 0 atom stereocenters. The fourth-order valence-electron chi connectivity index (χ4n) is 1.72. The Bertz CT molecular complexity index is 751. The number of aromatic nitrogens is 3. The zero-order chi connectivity index (χ0) is 14.1. The van der Waals surface area contributed by atoms with Crippen molar-refractivity contribution in [3.8, 4) is 0 Å².